The summed E-state index contributed by atoms with van der Waals surface area (Å²) < 4.78 is 5.16. The second-order valence-corrected chi connectivity index (χ2v) is 3.95. The van der Waals surface area contributed by atoms with E-state index in [2.05, 4.69) is 10.1 Å². The van der Waals surface area contributed by atoms with Crippen LogP contribution in [0.2, 0.25) is 5.02 Å². The molecule has 0 atom stereocenters. The first-order chi connectivity index (χ1) is 7.70. The third-order valence-electron chi connectivity index (χ3n) is 2.25. The number of halogens is 1. The minimum atomic E-state index is 0.512. The lowest BCUT2D eigenvalue weighted by molar-refractivity contribution is 0.422. The number of nitrogens with zero attached hydrogens (tertiary/aromatic N) is 2. The van der Waals surface area contributed by atoms with E-state index >= 15 is 0 Å². The van der Waals surface area contributed by atoms with Crippen LogP contribution in [0.3, 0.4) is 0 Å². The van der Waals surface area contributed by atoms with Crippen molar-refractivity contribution < 1.29 is 4.52 Å². The molecule has 1 aromatic heterocycles. The summed E-state index contributed by atoms with van der Waals surface area (Å²) in [6, 6.07) is 5.54. The van der Waals surface area contributed by atoms with Crippen LogP contribution < -0.4 is 5.73 Å². The molecule has 2 aromatic rings. The second kappa shape index (κ2) is 4.63. The SMILES string of the molecule is Cc1cc(Cl)ccc1-c1nc(CCN)no1. The van der Waals surface area contributed by atoms with Gasteiger partial charge in [-0.25, -0.2) is 0 Å². The van der Waals surface area contributed by atoms with Crippen LogP contribution in [0.4, 0.5) is 0 Å². The number of hydrogen-bond donors (Lipinski definition) is 1. The molecule has 2 rings (SSSR count). The summed E-state index contributed by atoms with van der Waals surface area (Å²) in [5.41, 5.74) is 7.33. The quantitative estimate of drug-likeness (QED) is 0.889. The Kier molecular flexibility index (Phi) is 3.22. The molecule has 0 unspecified atom stereocenters. The molecule has 0 saturated carbocycles. The van der Waals surface area contributed by atoms with Crippen LogP contribution in [0.1, 0.15) is 11.4 Å². The average molecular weight is 238 g/mol. The van der Waals surface area contributed by atoms with Crippen molar-refractivity contribution in [1.82, 2.24) is 10.1 Å². The zero-order chi connectivity index (χ0) is 11.5. The fraction of sp³-hybridized carbons (Fsp3) is 0.273. The van der Waals surface area contributed by atoms with E-state index in [0.29, 0.717) is 29.7 Å². The predicted octanol–water partition coefficient (Wildman–Crippen LogP) is 2.20. The van der Waals surface area contributed by atoms with Crippen LogP contribution in [-0.2, 0) is 6.42 Å². The third-order valence-corrected chi connectivity index (χ3v) is 2.49. The van der Waals surface area contributed by atoms with Gasteiger partial charge >= 0.3 is 0 Å². The molecule has 5 heteroatoms. The van der Waals surface area contributed by atoms with E-state index in [1.54, 1.807) is 6.07 Å². The van der Waals surface area contributed by atoms with E-state index in [0.717, 1.165) is 11.1 Å². The Morgan fingerprint density at radius 2 is 2.25 bits per heavy atom. The molecule has 0 fully saturated rings. The van der Waals surface area contributed by atoms with Crippen LogP contribution in [0.25, 0.3) is 11.5 Å². The van der Waals surface area contributed by atoms with Crippen LogP contribution >= 0.6 is 11.6 Å². The minimum Gasteiger partial charge on any atom is -0.334 e. The number of aromatic nitrogens is 2. The Labute approximate surface area is 98.4 Å². The lowest BCUT2D eigenvalue weighted by Gasteiger charge is -1.99. The smallest absolute Gasteiger partial charge is 0.258 e. The Balaban J connectivity index is 2.35. The zero-order valence-corrected chi connectivity index (χ0v) is 9.66. The Morgan fingerprint density at radius 1 is 1.44 bits per heavy atom. The number of rotatable bonds is 3. The van der Waals surface area contributed by atoms with Crippen molar-refractivity contribution in [3.63, 3.8) is 0 Å². The molecule has 0 bridgehead atoms. The molecule has 4 nitrogen and oxygen atoms in total. The predicted molar refractivity (Wildman–Crippen MR) is 62.2 cm³/mol. The van der Waals surface area contributed by atoms with Crippen molar-refractivity contribution in [3.05, 3.63) is 34.6 Å². The van der Waals surface area contributed by atoms with Crippen molar-refractivity contribution in [1.29, 1.82) is 0 Å². The van der Waals surface area contributed by atoms with Gasteiger partial charge in [0.15, 0.2) is 5.82 Å². The van der Waals surface area contributed by atoms with Gasteiger partial charge in [-0.2, -0.15) is 4.98 Å². The van der Waals surface area contributed by atoms with Crippen LogP contribution in [0, 0.1) is 6.92 Å². The summed E-state index contributed by atoms with van der Waals surface area (Å²) >= 11 is 5.88. The molecular weight excluding hydrogens is 226 g/mol. The van der Waals surface area contributed by atoms with Crippen molar-refractivity contribution in [2.24, 2.45) is 5.73 Å². The summed E-state index contributed by atoms with van der Waals surface area (Å²) in [5.74, 6) is 1.14. The van der Waals surface area contributed by atoms with Crippen LogP contribution in [-0.4, -0.2) is 16.7 Å². The Bertz CT molecular complexity index is 496. The number of benzene rings is 1. The maximum Gasteiger partial charge on any atom is 0.258 e. The summed E-state index contributed by atoms with van der Waals surface area (Å²) in [5, 5.41) is 4.54. The van der Waals surface area contributed by atoms with Crippen molar-refractivity contribution in [3.8, 4) is 11.5 Å². The average Bonchev–Trinajstić information content (AvgIpc) is 2.67. The highest BCUT2D eigenvalue weighted by Crippen LogP contribution is 2.24. The highest BCUT2D eigenvalue weighted by atomic mass is 35.5. The fourth-order valence-corrected chi connectivity index (χ4v) is 1.69. The summed E-state index contributed by atoms with van der Waals surface area (Å²) in [6.07, 6.45) is 0.621. The van der Waals surface area contributed by atoms with Gasteiger partial charge in [0.05, 0.1) is 0 Å². The lowest BCUT2D eigenvalue weighted by atomic mass is 10.1. The second-order valence-electron chi connectivity index (χ2n) is 3.51. The molecule has 0 radical (unpaired) electrons. The molecule has 0 aliphatic rings. The van der Waals surface area contributed by atoms with E-state index < -0.39 is 0 Å². The van der Waals surface area contributed by atoms with E-state index in [-0.39, 0.29) is 0 Å². The van der Waals surface area contributed by atoms with Gasteiger partial charge in [0, 0.05) is 17.0 Å². The first kappa shape index (κ1) is 11.1. The highest BCUT2D eigenvalue weighted by Gasteiger charge is 2.10. The number of hydrogen-bond acceptors (Lipinski definition) is 4. The van der Waals surface area contributed by atoms with E-state index in [1.165, 1.54) is 0 Å². The van der Waals surface area contributed by atoms with Gasteiger partial charge in [0.25, 0.3) is 5.89 Å². The molecule has 0 aliphatic heterocycles. The Hall–Kier alpha value is -1.39. The largest absolute Gasteiger partial charge is 0.334 e. The van der Waals surface area contributed by atoms with Gasteiger partial charge in [-0.1, -0.05) is 16.8 Å². The third kappa shape index (κ3) is 2.23. The molecule has 1 aromatic carbocycles. The summed E-state index contributed by atoms with van der Waals surface area (Å²) in [4.78, 5) is 4.26. The minimum absolute atomic E-state index is 0.512. The Morgan fingerprint density at radius 3 is 2.94 bits per heavy atom. The first-order valence-electron chi connectivity index (χ1n) is 5.00. The van der Waals surface area contributed by atoms with Crippen molar-refractivity contribution >= 4 is 11.6 Å². The van der Waals surface area contributed by atoms with E-state index in [1.807, 2.05) is 19.1 Å². The van der Waals surface area contributed by atoms with Crippen molar-refractivity contribution in [2.75, 3.05) is 6.54 Å². The van der Waals surface area contributed by atoms with Crippen LogP contribution in [0.15, 0.2) is 22.7 Å². The molecule has 0 saturated heterocycles. The number of nitrogens with two attached hydrogens (primary N) is 1. The first-order valence-corrected chi connectivity index (χ1v) is 5.37. The van der Waals surface area contributed by atoms with Gasteiger partial charge in [-0.05, 0) is 37.2 Å². The summed E-state index contributed by atoms with van der Waals surface area (Å²) in [6.45, 7) is 2.46. The fourth-order valence-electron chi connectivity index (χ4n) is 1.46. The zero-order valence-electron chi connectivity index (χ0n) is 8.90. The monoisotopic (exact) mass is 237 g/mol. The number of aryl methyl sites for hydroxylation is 1. The molecular formula is C11H12ClN3O. The standard InChI is InChI=1S/C11H12ClN3O/c1-7-6-8(12)2-3-9(7)11-14-10(4-5-13)15-16-11/h2-3,6H,4-5,13H2,1H3. The van der Waals surface area contributed by atoms with E-state index in [4.69, 9.17) is 21.9 Å². The topological polar surface area (TPSA) is 64.9 Å². The summed E-state index contributed by atoms with van der Waals surface area (Å²) in [7, 11) is 0. The normalized spacial score (nSPS) is 10.7. The van der Waals surface area contributed by atoms with Gasteiger partial charge in [-0.3, -0.25) is 0 Å². The maximum absolute atomic E-state index is 5.88. The molecule has 0 spiro atoms. The molecule has 16 heavy (non-hydrogen) atoms. The molecule has 2 N–H and O–H groups in total. The lowest BCUT2D eigenvalue weighted by Crippen LogP contribution is -2.03. The maximum atomic E-state index is 5.88. The van der Waals surface area contributed by atoms with Gasteiger partial charge in [0.1, 0.15) is 0 Å². The molecule has 0 amide bonds. The molecule has 1 heterocycles. The highest BCUT2D eigenvalue weighted by molar-refractivity contribution is 6.30. The van der Waals surface area contributed by atoms with Gasteiger partial charge < -0.3 is 10.3 Å². The van der Waals surface area contributed by atoms with Crippen LogP contribution in [0.5, 0.6) is 0 Å². The molecule has 0 aliphatic carbocycles. The van der Waals surface area contributed by atoms with Gasteiger partial charge in [-0.15, -0.1) is 0 Å². The molecule has 84 valence electrons. The van der Waals surface area contributed by atoms with E-state index in [9.17, 15) is 0 Å². The van der Waals surface area contributed by atoms with Crippen molar-refractivity contribution in [2.45, 2.75) is 13.3 Å². The van der Waals surface area contributed by atoms with Gasteiger partial charge in [0.2, 0.25) is 0 Å².